The van der Waals surface area contributed by atoms with E-state index in [0.717, 1.165) is 5.69 Å². The number of carbonyl (C=O) groups is 2. The highest BCUT2D eigenvalue weighted by atomic mass is 16.6. The van der Waals surface area contributed by atoms with Crippen LogP contribution in [0.4, 0.5) is 5.69 Å². The lowest BCUT2D eigenvalue weighted by Crippen LogP contribution is -2.48. The van der Waals surface area contributed by atoms with E-state index in [2.05, 4.69) is 9.88 Å². The van der Waals surface area contributed by atoms with E-state index >= 15 is 0 Å². The van der Waals surface area contributed by atoms with Crippen molar-refractivity contribution in [2.75, 3.05) is 45.8 Å². The predicted molar refractivity (Wildman–Crippen MR) is 123 cm³/mol. The van der Waals surface area contributed by atoms with Crippen LogP contribution >= 0.6 is 0 Å². The minimum atomic E-state index is -0.987. The fourth-order valence-electron chi connectivity index (χ4n) is 4.05. The zero-order valence-corrected chi connectivity index (χ0v) is 18.8. The highest BCUT2D eigenvalue weighted by Gasteiger charge is 2.28. The molecule has 2 heterocycles. The number of hydrogen-bond acceptors (Lipinski definition) is 8. The highest BCUT2D eigenvalue weighted by molar-refractivity contribution is 5.74. The first-order chi connectivity index (χ1) is 16.3. The third kappa shape index (κ3) is 7.58. The van der Waals surface area contributed by atoms with Crippen molar-refractivity contribution < 1.29 is 24.7 Å². The molecule has 1 aliphatic rings. The molecule has 1 atom stereocenters. The highest BCUT2D eigenvalue weighted by Crippen LogP contribution is 2.16. The number of benzene rings is 1. The molecule has 0 bridgehead atoms. The first kappa shape index (κ1) is 25.2. The fraction of sp³-hybridized carbons (Fsp3) is 0.435. The number of carboxylic acids is 2. The Labute approximate surface area is 197 Å². The molecule has 1 aromatic carbocycles. The second-order valence-corrected chi connectivity index (χ2v) is 8.28. The smallest absolute Gasteiger partial charge is 0.321 e. The van der Waals surface area contributed by atoms with Crippen LogP contribution in [0.25, 0.3) is 0 Å². The Morgan fingerprint density at radius 1 is 0.971 bits per heavy atom. The van der Waals surface area contributed by atoms with Crippen molar-refractivity contribution in [3.63, 3.8) is 0 Å². The van der Waals surface area contributed by atoms with Crippen molar-refractivity contribution >= 4 is 17.6 Å². The molecular formula is C23H29N5O6. The maximum atomic E-state index is 12.2. The van der Waals surface area contributed by atoms with Crippen molar-refractivity contribution in [1.29, 1.82) is 0 Å². The first-order valence-corrected chi connectivity index (χ1v) is 11.1. The van der Waals surface area contributed by atoms with Crippen molar-refractivity contribution in [2.45, 2.75) is 19.0 Å². The molecule has 3 rings (SSSR count). The maximum Gasteiger partial charge on any atom is 0.321 e. The van der Waals surface area contributed by atoms with Crippen molar-refractivity contribution in [2.24, 2.45) is 0 Å². The lowest BCUT2D eigenvalue weighted by molar-refractivity contribution is -0.384. The third-order valence-corrected chi connectivity index (χ3v) is 5.91. The average molecular weight is 472 g/mol. The minimum absolute atomic E-state index is 0.0483. The number of hydrogen-bond donors (Lipinski definition) is 2. The number of nitrogens with zero attached hydrogens (tertiary/aromatic N) is 5. The van der Waals surface area contributed by atoms with E-state index in [1.54, 1.807) is 18.3 Å². The van der Waals surface area contributed by atoms with Crippen molar-refractivity contribution in [3.05, 3.63) is 70.0 Å². The Morgan fingerprint density at radius 2 is 1.62 bits per heavy atom. The summed E-state index contributed by atoms with van der Waals surface area (Å²) in [6, 6.07) is 10.7. The van der Waals surface area contributed by atoms with Gasteiger partial charge in [-0.1, -0.05) is 18.2 Å². The Balaban J connectivity index is 1.77. The molecule has 1 aliphatic heterocycles. The van der Waals surface area contributed by atoms with Gasteiger partial charge in [0.1, 0.15) is 6.04 Å². The molecular weight excluding hydrogens is 442 g/mol. The van der Waals surface area contributed by atoms with Gasteiger partial charge in [-0.3, -0.25) is 39.4 Å². The number of rotatable bonds is 9. The Bertz CT molecular complexity index is 972. The molecule has 0 saturated carbocycles. The number of carboxylic acid groups (broad SMARTS) is 2. The van der Waals surface area contributed by atoms with Gasteiger partial charge in [0.2, 0.25) is 0 Å². The first-order valence-electron chi connectivity index (χ1n) is 11.1. The standard InChI is InChI=1S/C23H29N5O6/c29-22(30)17-26-10-9-25(16-19-3-1-2-8-24-19)11-13-27(14-12-26)21(23(31)32)15-18-4-6-20(7-5-18)28(33)34/h1-8,21H,9-17H2,(H,29,30)(H,31,32). The SMILES string of the molecule is O=C(O)CN1CCN(Cc2ccccn2)CCN(C(Cc2ccc([N+](=O)[O-])cc2)C(=O)O)CC1. The topological polar surface area (TPSA) is 140 Å². The van der Waals surface area contributed by atoms with Crippen LogP contribution in [0, 0.1) is 10.1 Å². The normalized spacial score (nSPS) is 17.3. The van der Waals surface area contributed by atoms with E-state index in [4.69, 9.17) is 0 Å². The molecule has 1 fully saturated rings. The van der Waals surface area contributed by atoms with Crippen molar-refractivity contribution in [3.8, 4) is 0 Å². The van der Waals surface area contributed by atoms with Gasteiger partial charge < -0.3 is 10.2 Å². The summed E-state index contributed by atoms with van der Waals surface area (Å²) in [7, 11) is 0. The molecule has 0 radical (unpaired) electrons. The van der Waals surface area contributed by atoms with Crippen LogP contribution in [0.3, 0.4) is 0 Å². The van der Waals surface area contributed by atoms with Crippen LogP contribution in [0.2, 0.25) is 0 Å². The quantitative estimate of drug-likeness (QED) is 0.405. The van der Waals surface area contributed by atoms with E-state index in [0.29, 0.717) is 51.4 Å². The summed E-state index contributed by atoms with van der Waals surface area (Å²) < 4.78 is 0. The second-order valence-electron chi connectivity index (χ2n) is 8.28. The molecule has 1 saturated heterocycles. The molecule has 11 nitrogen and oxygen atoms in total. The Morgan fingerprint density at radius 3 is 2.21 bits per heavy atom. The van der Waals surface area contributed by atoms with Gasteiger partial charge in [-0.05, 0) is 24.1 Å². The van der Waals surface area contributed by atoms with Gasteiger partial charge in [0, 0.05) is 64.1 Å². The van der Waals surface area contributed by atoms with Crippen LogP contribution in [-0.4, -0.2) is 98.6 Å². The van der Waals surface area contributed by atoms with Crippen LogP contribution < -0.4 is 0 Å². The molecule has 0 aliphatic carbocycles. The van der Waals surface area contributed by atoms with Crippen LogP contribution in [0.1, 0.15) is 11.3 Å². The fourth-order valence-corrected chi connectivity index (χ4v) is 4.05. The average Bonchev–Trinajstić information content (AvgIpc) is 2.89. The van der Waals surface area contributed by atoms with Gasteiger partial charge in [0.25, 0.3) is 5.69 Å². The lowest BCUT2D eigenvalue weighted by atomic mass is 10.0. The summed E-state index contributed by atoms with van der Waals surface area (Å²) in [4.78, 5) is 44.2. The molecule has 1 unspecified atom stereocenters. The van der Waals surface area contributed by atoms with Gasteiger partial charge in [-0.25, -0.2) is 0 Å². The molecule has 2 N–H and O–H groups in total. The zero-order chi connectivity index (χ0) is 24.5. The molecule has 34 heavy (non-hydrogen) atoms. The molecule has 11 heteroatoms. The molecule has 1 aromatic heterocycles. The minimum Gasteiger partial charge on any atom is -0.480 e. The number of nitro benzene ring substituents is 1. The zero-order valence-electron chi connectivity index (χ0n) is 18.8. The van der Waals surface area contributed by atoms with Crippen LogP contribution in [0.5, 0.6) is 0 Å². The van der Waals surface area contributed by atoms with Crippen LogP contribution in [0.15, 0.2) is 48.7 Å². The van der Waals surface area contributed by atoms with Crippen molar-refractivity contribution in [1.82, 2.24) is 19.7 Å². The molecule has 0 amide bonds. The van der Waals surface area contributed by atoms with Gasteiger partial charge in [-0.2, -0.15) is 0 Å². The summed E-state index contributed by atoms with van der Waals surface area (Å²) in [6.07, 6.45) is 1.91. The van der Waals surface area contributed by atoms with E-state index in [-0.39, 0.29) is 18.7 Å². The summed E-state index contributed by atoms with van der Waals surface area (Å²) in [6.45, 7) is 3.55. The van der Waals surface area contributed by atoms with E-state index in [9.17, 15) is 29.9 Å². The number of aromatic nitrogens is 1. The molecule has 2 aromatic rings. The monoisotopic (exact) mass is 471 g/mol. The number of pyridine rings is 1. The van der Waals surface area contributed by atoms with E-state index in [1.807, 2.05) is 28.0 Å². The van der Waals surface area contributed by atoms with E-state index in [1.165, 1.54) is 12.1 Å². The largest absolute Gasteiger partial charge is 0.480 e. The van der Waals surface area contributed by atoms with Crippen LogP contribution in [-0.2, 0) is 22.6 Å². The number of aliphatic carboxylic acids is 2. The number of non-ortho nitro benzene ring substituents is 1. The van der Waals surface area contributed by atoms with Gasteiger partial charge in [0.15, 0.2) is 0 Å². The summed E-state index contributed by atoms with van der Waals surface area (Å²) in [5.41, 5.74) is 1.53. The second kappa shape index (κ2) is 12.2. The predicted octanol–water partition coefficient (Wildman–Crippen LogP) is 1.19. The molecule has 182 valence electrons. The molecule has 0 spiro atoms. The number of nitro groups is 1. The summed E-state index contributed by atoms with van der Waals surface area (Å²) >= 11 is 0. The van der Waals surface area contributed by atoms with Gasteiger partial charge >= 0.3 is 11.9 Å². The third-order valence-electron chi connectivity index (χ3n) is 5.91. The van der Waals surface area contributed by atoms with Gasteiger partial charge in [-0.15, -0.1) is 0 Å². The maximum absolute atomic E-state index is 12.2. The van der Waals surface area contributed by atoms with Gasteiger partial charge in [0.05, 0.1) is 17.2 Å². The summed E-state index contributed by atoms with van der Waals surface area (Å²) in [5, 5.41) is 30.2. The summed E-state index contributed by atoms with van der Waals surface area (Å²) in [5.74, 6) is -1.92. The van der Waals surface area contributed by atoms with E-state index < -0.39 is 22.9 Å². The Hall–Kier alpha value is -3.41. The lowest BCUT2D eigenvalue weighted by Gasteiger charge is -2.30. The Kier molecular flexibility index (Phi) is 9.02.